The van der Waals surface area contributed by atoms with Crippen LogP contribution in [0.3, 0.4) is 0 Å². The van der Waals surface area contributed by atoms with Gasteiger partial charge in [-0.05, 0) is 26.0 Å². The number of nitrogens with one attached hydrogen (secondary N) is 2. The standard InChI is InChI=1S/C13H18N4O3S/c1-10(2)17-21(18,19)12-6-4-3-5-11(12)14-8-7-13-15-9-16-20-13/h3-6,9-10,14,17H,7-8H2,1-2H3. The van der Waals surface area contributed by atoms with Crippen LogP contribution in [-0.2, 0) is 16.4 Å². The van der Waals surface area contributed by atoms with Crippen LogP contribution in [0.25, 0.3) is 0 Å². The summed E-state index contributed by atoms with van der Waals surface area (Å²) in [6, 6.07) is 6.60. The average molecular weight is 310 g/mol. The van der Waals surface area contributed by atoms with Gasteiger partial charge in [-0.15, -0.1) is 0 Å². The molecule has 8 heteroatoms. The van der Waals surface area contributed by atoms with E-state index in [1.807, 2.05) is 0 Å². The van der Waals surface area contributed by atoms with Crippen LogP contribution in [0.5, 0.6) is 0 Å². The first-order chi connectivity index (χ1) is 9.99. The molecule has 0 spiro atoms. The summed E-state index contributed by atoms with van der Waals surface area (Å²) in [6.45, 7) is 4.06. The quantitative estimate of drug-likeness (QED) is 0.802. The van der Waals surface area contributed by atoms with E-state index < -0.39 is 10.0 Å². The summed E-state index contributed by atoms with van der Waals surface area (Å²) in [6.07, 6.45) is 1.85. The Balaban J connectivity index is 2.09. The van der Waals surface area contributed by atoms with Crippen LogP contribution in [0.4, 0.5) is 5.69 Å². The van der Waals surface area contributed by atoms with Gasteiger partial charge >= 0.3 is 0 Å². The first-order valence-corrected chi connectivity index (χ1v) is 8.08. The fraction of sp³-hybridized carbons (Fsp3) is 0.385. The van der Waals surface area contributed by atoms with Crippen molar-refractivity contribution in [3.63, 3.8) is 0 Å². The van der Waals surface area contributed by atoms with Crippen molar-refractivity contribution in [1.29, 1.82) is 0 Å². The number of para-hydroxylation sites is 1. The van der Waals surface area contributed by atoms with E-state index in [2.05, 4.69) is 20.2 Å². The second-order valence-electron chi connectivity index (χ2n) is 4.78. The van der Waals surface area contributed by atoms with Gasteiger partial charge in [-0.3, -0.25) is 0 Å². The maximum Gasteiger partial charge on any atom is 0.242 e. The molecule has 0 unspecified atom stereocenters. The summed E-state index contributed by atoms with van der Waals surface area (Å²) < 4.78 is 32.0. The number of benzene rings is 1. The van der Waals surface area contributed by atoms with Crippen LogP contribution in [0.15, 0.2) is 40.0 Å². The second kappa shape index (κ2) is 6.68. The van der Waals surface area contributed by atoms with Crippen molar-refractivity contribution in [2.45, 2.75) is 31.2 Å². The molecule has 1 aromatic carbocycles. The Morgan fingerprint density at radius 2 is 2.05 bits per heavy atom. The first-order valence-electron chi connectivity index (χ1n) is 6.60. The summed E-state index contributed by atoms with van der Waals surface area (Å²) >= 11 is 0. The fourth-order valence-electron chi connectivity index (χ4n) is 1.83. The third-order valence-electron chi connectivity index (χ3n) is 2.63. The Bertz CT molecular complexity index is 668. The molecule has 2 rings (SSSR count). The van der Waals surface area contributed by atoms with Crippen LogP contribution in [-0.4, -0.2) is 31.1 Å². The normalized spacial score (nSPS) is 11.8. The van der Waals surface area contributed by atoms with Crippen molar-refractivity contribution in [2.24, 2.45) is 0 Å². The van der Waals surface area contributed by atoms with E-state index in [4.69, 9.17) is 4.52 Å². The summed E-state index contributed by atoms with van der Waals surface area (Å²) in [5.74, 6) is 0.503. The van der Waals surface area contributed by atoms with Crippen molar-refractivity contribution in [3.05, 3.63) is 36.5 Å². The fourth-order valence-corrected chi connectivity index (χ4v) is 3.27. The maximum atomic E-state index is 12.3. The minimum atomic E-state index is -3.54. The molecule has 1 aromatic heterocycles. The highest BCUT2D eigenvalue weighted by Crippen LogP contribution is 2.20. The molecule has 114 valence electrons. The molecule has 0 aliphatic rings. The topological polar surface area (TPSA) is 97.1 Å². The molecule has 21 heavy (non-hydrogen) atoms. The summed E-state index contributed by atoms with van der Waals surface area (Å²) in [5.41, 5.74) is 0.546. The third kappa shape index (κ3) is 4.27. The van der Waals surface area contributed by atoms with E-state index >= 15 is 0 Å². The molecule has 0 bridgehead atoms. The van der Waals surface area contributed by atoms with E-state index in [9.17, 15) is 8.42 Å². The van der Waals surface area contributed by atoms with Gasteiger partial charge in [0.25, 0.3) is 0 Å². The molecule has 0 saturated heterocycles. The van der Waals surface area contributed by atoms with Crippen LogP contribution in [0.1, 0.15) is 19.7 Å². The van der Waals surface area contributed by atoms with E-state index in [-0.39, 0.29) is 10.9 Å². The molecule has 0 atom stereocenters. The monoisotopic (exact) mass is 310 g/mol. The maximum absolute atomic E-state index is 12.3. The van der Waals surface area contributed by atoms with Gasteiger partial charge < -0.3 is 9.84 Å². The summed E-state index contributed by atoms with van der Waals surface area (Å²) in [5, 5.41) is 6.60. The van der Waals surface area contributed by atoms with E-state index in [1.165, 1.54) is 6.33 Å². The van der Waals surface area contributed by atoms with Crippen molar-refractivity contribution < 1.29 is 12.9 Å². The highest BCUT2D eigenvalue weighted by molar-refractivity contribution is 7.89. The number of hydrogen-bond acceptors (Lipinski definition) is 6. The highest BCUT2D eigenvalue weighted by atomic mass is 32.2. The van der Waals surface area contributed by atoms with Crippen molar-refractivity contribution >= 4 is 15.7 Å². The third-order valence-corrected chi connectivity index (χ3v) is 4.35. The van der Waals surface area contributed by atoms with Crippen LogP contribution in [0, 0.1) is 0 Å². The summed E-state index contributed by atoms with van der Waals surface area (Å²) in [4.78, 5) is 4.14. The van der Waals surface area contributed by atoms with Gasteiger partial charge in [-0.1, -0.05) is 17.3 Å². The van der Waals surface area contributed by atoms with Crippen molar-refractivity contribution in [3.8, 4) is 0 Å². The number of anilines is 1. The Morgan fingerprint density at radius 1 is 1.29 bits per heavy atom. The zero-order valence-electron chi connectivity index (χ0n) is 11.9. The molecular formula is C13H18N4O3S. The highest BCUT2D eigenvalue weighted by Gasteiger charge is 2.18. The Labute approximate surface area is 123 Å². The molecule has 0 saturated carbocycles. The molecule has 0 radical (unpaired) electrons. The predicted molar refractivity (Wildman–Crippen MR) is 78.4 cm³/mol. The minimum absolute atomic E-state index is 0.165. The van der Waals surface area contributed by atoms with Gasteiger partial charge in [0.05, 0.1) is 5.69 Å². The first kappa shape index (κ1) is 15.5. The van der Waals surface area contributed by atoms with Crippen LogP contribution >= 0.6 is 0 Å². The van der Waals surface area contributed by atoms with E-state index in [1.54, 1.807) is 38.1 Å². The van der Waals surface area contributed by atoms with Crippen molar-refractivity contribution in [1.82, 2.24) is 14.9 Å². The van der Waals surface area contributed by atoms with E-state index in [0.29, 0.717) is 24.5 Å². The zero-order valence-corrected chi connectivity index (χ0v) is 12.7. The lowest BCUT2D eigenvalue weighted by Crippen LogP contribution is -2.30. The van der Waals surface area contributed by atoms with Crippen LogP contribution < -0.4 is 10.0 Å². The largest absolute Gasteiger partial charge is 0.383 e. The molecule has 2 N–H and O–H groups in total. The second-order valence-corrected chi connectivity index (χ2v) is 6.47. The molecule has 7 nitrogen and oxygen atoms in total. The smallest absolute Gasteiger partial charge is 0.242 e. The zero-order chi connectivity index (χ0) is 15.3. The number of aromatic nitrogens is 2. The Kier molecular flexibility index (Phi) is 4.92. The van der Waals surface area contributed by atoms with Gasteiger partial charge in [0, 0.05) is 19.0 Å². The number of rotatable bonds is 7. The van der Waals surface area contributed by atoms with Gasteiger partial charge in [0.2, 0.25) is 15.9 Å². The van der Waals surface area contributed by atoms with E-state index in [0.717, 1.165) is 0 Å². The molecule has 0 aliphatic carbocycles. The van der Waals surface area contributed by atoms with Gasteiger partial charge in [-0.2, -0.15) is 4.98 Å². The average Bonchev–Trinajstić information content (AvgIpc) is 2.91. The summed E-state index contributed by atoms with van der Waals surface area (Å²) in [7, 11) is -3.54. The van der Waals surface area contributed by atoms with Gasteiger partial charge in [-0.25, -0.2) is 13.1 Å². The molecule has 0 amide bonds. The lowest BCUT2D eigenvalue weighted by atomic mass is 10.3. The Hall–Kier alpha value is -1.93. The lowest BCUT2D eigenvalue weighted by Gasteiger charge is -2.14. The molecule has 0 aliphatic heterocycles. The van der Waals surface area contributed by atoms with Gasteiger partial charge in [0.1, 0.15) is 4.90 Å². The predicted octanol–water partition coefficient (Wildman–Crippen LogP) is 1.41. The number of hydrogen-bond donors (Lipinski definition) is 2. The molecular weight excluding hydrogens is 292 g/mol. The minimum Gasteiger partial charge on any atom is -0.383 e. The number of nitrogens with zero attached hydrogens (tertiary/aromatic N) is 2. The SMILES string of the molecule is CC(C)NS(=O)(=O)c1ccccc1NCCc1ncno1. The van der Waals surface area contributed by atoms with Crippen LogP contribution in [0.2, 0.25) is 0 Å². The Morgan fingerprint density at radius 3 is 2.71 bits per heavy atom. The molecule has 0 fully saturated rings. The van der Waals surface area contributed by atoms with Crippen molar-refractivity contribution in [2.75, 3.05) is 11.9 Å². The lowest BCUT2D eigenvalue weighted by molar-refractivity contribution is 0.380. The number of sulfonamides is 1. The molecule has 1 heterocycles. The molecule has 2 aromatic rings. The van der Waals surface area contributed by atoms with Gasteiger partial charge in [0.15, 0.2) is 6.33 Å².